The first-order chi connectivity index (χ1) is 11.2. The van der Waals surface area contributed by atoms with Crippen LogP contribution in [0.25, 0.3) is 0 Å². The number of nitrogens with zero attached hydrogens (tertiary/aromatic N) is 4. The van der Waals surface area contributed by atoms with E-state index in [4.69, 9.17) is 9.52 Å². The third-order valence-electron chi connectivity index (χ3n) is 4.07. The SMILES string of the molecule is CCc1oc(C(=O)O)cc1CN1CCN(c2cnccn2)CC1. The van der Waals surface area contributed by atoms with E-state index in [2.05, 4.69) is 19.8 Å². The van der Waals surface area contributed by atoms with Crippen LogP contribution in [0.15, 0.2) is 29.1 Å². The minimum atomic E-state index is -1.02. The minimum absolute atomic E-state index is 0.0232. The average Bonchev–Trinajstić information content (AvgIpc) is 2.99. The highest BCUT2D eigenvalue weighted by Gasteiger charge is 2.21. The van der Waals surface area contributed by atoms with Gasteiger partial charge in [-0.2, -0.15) is 0 Å². The van der Waals surface area contributed by atoms with Crippen LogP contribution < -0.4 is 4.90 Å². The van der Waals surface area contributed by atoms with E-state index < -0.39 is 5.97 Å². The quantitative estimate of drug-likeness (QED) is 0.898. The van der Waals surface area contributed by atoms with Gasteiger partial charge in [-0.25, -0.2) is 9.78 Å². The van der Waals surface area contributed by atoms with Crippen molar-refractivity contribution in [2.45, 2.75) is 19.9 Å². The van der Waals surface area contributed by atoms with Gasteiger partial charge in [-0.15, -0.1) is 0 Å². The van der Waals surface area contributed by atoms with Crippen LogP contribution in [0.3, 0.4) is 0 Å². The molecule has 23 heavy (non-hydrogen) atoms. The molecule has 2 aromatic heterocycles. The van der Waals surface area contributed by atoms with Gasteiger partial charge in [-0.05, 0) is 6.07 Å². The third-order valence-corrected chi connectivity index (χ3v) is 4.07. The lowest BCUT2D eigenvalue weighted by atomic mass is 10.1. The van der Waals surface area contributed by atoms with E-state index in [1.807, 2.05) is 6.92 Å². The zero-order chi connectivity index (χ0) is 16.2. The number of anilines is 1. The normalized spacial score (nSPS) is 15.8. The summed E-state index contributed by atoms with van der Waals surface area (Å²) in [4.78, 5) is 24.0. The van der Waals surface area contributed by atoms with Crippen molar-refractivity contribution in [1.82, 2.24) is 14.9 Å². The van der Waals surface area contributed by atoms with Gasteiger partial charge in [0.25, 0.3) is 0 Å². The monoisotopic (exact) mass is 316 g/mol. The predicted octanol–water partition coefficient (Wildman–Crippen LogP) is 1.65. The summed E-state index contributed by atoms with van der Waals surface area (Å²) in [5.41, 5.74) is 0.970. The lowest BCUT2D eigenvalue weighted by Gasteiger charge is -2.35. The molecule has 7 nitrogen and oxygen atoms in total. The summed E-state index contributed by atoms with van der Waals surface area (Å²) in [7, 11) is 0. The highest BCUT2D eigenvalue weighted by atomic mass is 16.4. The van der Waals surface area contributed by atoms with Gasteiger partial charge < -0.3 is 14.4 Å². The number of aryl methyl sites for hydroxylation is 1. The molecular weight excluding hydrogens is 296 g/mol. The van der Waals surface area contributed by atoms with Crippen molar-refractivity contribution in [3.63, 3.8) is 0 Å². The van der Waals surface area contributed by atoms with Crippen molar-refractivity contribution >= 4 is 11.8 Å². The molecule has 0 bridgehead atoms. The van der Waals surface area contributed by atoms with Gasteiger partial charge in [0.15, 0.2) is 0 Å². The van der Waals surface area contributed by atoms with E-state index in [1.54, 1.807) is 24.7 Å². The van der Waals surface area contributed by atoms with Gasteiger partial charge in [0.1, 0.15) is 11.6 Å². The van der Waals surface area contributed by atoms with E-state index in [9.17, 15) is 4.79 Å². The van der Waals surface area contributed by atoms with Crippen molar-refractivity contribution in [1.29, 1.82) is 0 Å². The number of hydrogen-bond donors (Lipinski definition) is 1. The number of carboxylic acids is 1. The van der Waals surface area contributed by atoms with Gasteiger partial charge in [0, 0.05) is 57.1 Å². The molecule has 3 heterocycles. The Morgan fingerprint density at radius 1 is 1.30 bits per heavy atom. The maximum absolute atomic E-state index is 11.0. The van der Waals surface area contributed by atoms with Gasteiger partial charge in [0.2, 0.25) is 5.76 Å². The first kappa shape index (κ1) is 15.5. The highest BCUT2D eigenvalue weighted by Crippen LogP contribution is 2.20. The zero-order valence-electron chi connectivity index (χ0n) is 13.1. The Balaban J connectivity index is 1.62. The van der Waals surface area contributed by atoms with Crippen LogP contribution >= 0.6 is 0 Å². The molecule has 0 spiro atoms. The van der Waals surface area contributed by atoms with Crippen LogP contribution in [-0.4, -0.2) is 52.1 Å². The Morgan fingerprint density at radius 2 is 2.09 bits per heavy atom. The molecule has 1 aliphatic rings. The van der Waals surface area contributed by atoms with Gasteiger partial charge in [-0.1, -0.05) is 6.92 Å². The first-order valence-electron chi connectivity index (χ1n) is 7.75. The molecule has 3 rings (SSSR count). The van der Waals surface area contributed by atoms with Crippen molar-refractivity contribution < 1.29 is 14.3 Å². The zero-order valence-corrected chi connectivity index (χ0v) is 13.1. The summed E-state index contributed by atoms with van der Waals surface area (Å²) in [5, 5.41) is 9.06. The van der Waals surface area contributed by atoms with Crippen molar-refractivity contribution in [3.05, 3.63) is 41.7 Å². The molecule has 1 aliphatic heterocycles. The van der Waals surface area contributed by atoms with E-state index in [0.717, 1.165) is 43.3 Å². The molecule has 1 N–H and O–H groups in total. The number of aromatic nitrogens is 2. The van der Waals surface area contributed by atoms with Crippen molar-refractivity contribution in [3.8, 4) is 0 Å². The van der Waals surface area contributed by atoms with Gasteiger partial charge >= 0.3 is 5.97 Å². The lowest BCUT2D eigenvalue weighted by Crippen LogP contribution is -2.46. The molecule has 0 saturated carbocycles. The smallest absolute Gasteiger partial charge is 0.371 e. The summed E-state index contributed by atoms with van der Waals surface area (Å²) >= 11 is 0. The average molecular weight is 316 g/mol. The molecule has 0 aliphatic carbocycles. The lowest BCUT2D eigenvalue weighted by molar-refractivity contribution is 0.0660. The minimum Gasteiger partial charge on any atom is -0.475 e. The Kier molecular flexibility index (Phi) is 4.57. The fraction of sp³-hybridized carbons (Fsp3) is 0.438. The molecule has 122 valence electrons. The third kappa shape index (κ3) is 3.50. The maximum Gasteiger partial charge on any atom is 0.371 e. The van der Waals surface area contributed by atoms with Crippen LogP contribution in [0.4, 0.5) is 5.82 Å². The van der Waals surface area contributed by atoms with Crippen molar-refractivity contribution in [2.75, 3.05) is 31.1 Å². The second-order valence-electron chi connectivity index (χ2n) is 5.54. The second-order valence-corrected chi connectivity index (χ2v) is 5.54. The Labute approximate surface area is 134 Å². The summed E-state index contributed by atoms with van der Waals surface area (Å²) < 4.78 is 5.40. The molecule has 0 atom stereocenters. The number of hydrogen-bond acceptors (Lipinski definition) is 6. The highest BCUT2D eigenvalue weighted by molar-refractivity contribution is 5.84. The Bertz CT molecular complexity index is 663. The standard InChI is InChI=1S/C16H20N4O3/c1-2-13-12(9-14(23-13)16(21)22)11-19-5-7-20(8-6-19)15-10-17-3-4-18-15/h3-4,9-10H,2,5-8,11H2,1H3,(H,21,22). The van der Waals surface area contributed by atoms with Crippen molar-refractivity contribution in [2.24, 2.45) is 0 Å². The van der Waals surface area contributed by atoms with Crippen LogP contribution in [0.5, 0.6) is 0 Å². The van der Waals surface area contributed by atoms with E-state index in [-0.39, 0.29) is 5.76 Å². The Morgan fingerprint density at radius 3 is 2.70 bits per heavy atom. The predicted molar refractivity (Wildman–Crippen MR) is 84.6 cm³/mol. The molecular formula is C16H20N4O3. The molecule has 0 amide bonds. The molecule has 0 unspecified atom stereocenters. The largest absolute Gasteiger partial charge is 0.475 e. The topological polar surface area (TPSA) is 82.7 Å². The number of aromatic carboxylic acids is 1. The number of rotatable bonds is 5. The van der Waals surface area contributed by atoms with Crippen LogP contribution in [0, 0.1) is 0 Å². The number of piperazine rings is 1. The summed E-state index contributed by atoms with van der Waals surface area (Å²) in [6, 6.07) is 1.65. The van der Waals surface area contributed by atoms with E-state index >= 15 is 0 Å². The van der Waals surface area contributed by atoms with E-state index in [1.165, 1.54) is 0 Å². The fourth-order valence-electron chi connectivity index (χ4n) is 2.84. The number of furan rings is 1. The van der Waals surface area contributed by atoms with Crippen LogP contribution in [-0.2, 0) is 13.0 Å². The first-order valence-corrected chi connectivity index (χ1v) is 7.75. The molecule has 7 heteroatoms. The summed E-state index contributed by atoms with van der Waals surface area (Å²) in [6.45, 7) is 6.24. The summed E-state index contributed by atoms with van der Waals surface area (Å²) in [6.07, 6.45) is 5.85. The molecule has 2 aromatic rings. The van der Waals surface area contributed by atoms with Gasteiger partial charge in [-0.3, -0.25) is 9.88 Å². The fourth-order valence-corrected chi connectivity index (χ4v) is 2.84. The van der Waals surface area contributed by atoms with Gasteiger partial charge in [0.05, 0.1) is 6.20 Å². The Hall–Kier alpha value is -2.41. The maximum atomic E-state index is 11.0. The molecule has 0 radical (unpaired) electrons. The number of carbonyl (C=O) groups is 1. The van der Waals surface area contributed by atoms with Crippen LogP contribution in [0.1, 0.15) is 28.8 Å². The molecule has 1 fully saturated rings. The number of carboxylic acid groups (broad SMARTS) is 1. The van der Waals surface area contributed by atoms with E-state index in [0.29, 0.717) is 13.0 Å². The van der Waals surface area contributed by atoms with Crippen LogP contribution in [0.2, 0.25) is 0 Å². The molecule has 1 saturated heterocycles. The molecule has 0 aromatic carbocycles. The second kappa shape index (κ2) is 6.78. The summed E-state index contributed by atoms with van der Waals surface area (Å²) in [5.74, 6) is 0.671.